The van der Waals surface area contributed by atoms with Gasteiger partial charge in [-0.25, -0.2) is 14.0 Å². The van der Waals surface area contributed by atoms with Crippen LogP contribution in [0.2, 0.25) is 0 Å². The Hall–Kier alpha value is -3.09. The minimum Gasteiger partial charge on any atom is -0.453 e. The second kappa shape index (κ2) is 8.68. The molecule has 0 aromatic heterocycles. The van der Waals surface area contributed by atoms with Gasteiger partial charge in [0.25, 0.3) is 0 Å². The molecule has 2 aromatic carbocycles. The van der Waals surface area contributed by atoms with Gasteiger partial charge in [0.2, 0.25) is 0 Å². The normalized spacial score (nSPS) is 10.0. The van der Waals surface area contributed by atoms with Crippen LogP contribution in [0.5, 0.6) is 5.75 Å². The average Bonchev–Trinajstić information content (AvgIpc) is 2.59. The quantitative estimate of drug-likeness (QED) is 0.870. The zero-order chi connectivity index (χ0) is 18.2. The first kappa shape index (κ1) is 18.3. The van der Waals surface area contributed by atoms with Crippen LogP contribution in [-0.2, 0) is 4.74 Å². The Morgan fingerprint density at radius 3 is 2.60 bits per heavy atom. The van der Waals surface area contributed by atoms with Crippen molar-refractivity contribution in [2.75, 3.05) is 23.9 Å². The Bertz CT molecular complexity index is 751. The Kier molecular flexibility index (Phi) is 6.33. The maximum Gasteiger partial charge on any atom is 0.419 e. The van der Waals surface area contributed by atoms with Crippen molar-refractivity contribution in [3.8, 4) is 5.75 Å². The van der Waals surface area contributed by atoms with Crippen molar-refractivity contribution < 1.29 is 23.5 Å². The Morgan fingerprint density at radius 2 is 1.92 bits per heavy atom. The molecule has 0 aliphatic carbocycles. The number of nitrogens with zero attached hydrogens (tertiary/aromatic N) is 1. The fourth-order valence-electron chi connectivity index (χ4n) is 2.16. The van der Waals surface area contributed by atoms with Crippen LogP contribution in [0.4, 0.5) is 25.4 Å². The molecule has 0 spiro atoms. The molecule has 132 valence electrons. The van der Waals surface area contributed by atoms with E-state index >= 15 is 0 Å². The SMILES string of the molecule is CCCN(C(=O)Oc1cccc(NC(=O)OC)c1)c1cccc(F)c1. The van der Waals surface area contributed by atoms with Crippen LogP contribution in [0, 0.1) is 5.82 Å². The molecule has 0 aliphatic heterocycles. The van der Waals surface area contributed by atoms with Gasteiger partial charge < -0.3 is 9.47 Å². The molecular formula is C18H19FN2O4. The highest BCUT2D eigenvalue weighted by molar-refractivity contribution is 5.89. The molecule has 0 radical (unpaired) electrons. The second-order valence-corrected chi connectivity index (χ2v) is 5.14. The molecule has 0 fully saturated rings. The topological polar surface area (TPSA) is 67.9 Å². The number of halogens is 1. The molecule has 0 bridgehead atoms. The van der Waals surface area contributed by atoms with Gasteiger partial charge in [0.15, 0.2) is 0 Å². The van der Waals surface area contributed by atoms with E-state index in [-0.39, 0.29) is 5.75 Å². The van der Waals surface area contributed by atoms with E-state index < -0.39 is 18.0 Å². The third-order valence-electron chi connectivity index (χ3n) is 3.26. The van der Waals surface area contributed by atoms with Crippen molar-refractivity contribution in [2.24, 2.45) is 0 Å². The smallest absolute Gasteiger partial charge is 0.419 e. The number of methoxy groups -OCH3 is 1. The maximum absolute atomic E-state index is 13.4. The monoisotopic (exact) mass is 346 g/mol. The summed E-state index contributed by atoms with van der Waals surface area (Å²) in [5.74, 6) is -0.188. The number of rotatable bonds is 5. The average molecular weight is 346 g/mol. The lowest BCUT2D eigenvalue weighted by molar-refractivity contribution is 0.187. The van der Waals surface area contributed by atoms with Crippen molar-refractivity contribution in [3.63, 3.8) is 0 Å². The molecule has 2 amide bonds. The van der Waals surface area contributed by atoms with Crippen molar-refractivity contribution in [1.29, 1.82) is 0 Å². The zero-order valence-electron chi connectivity index (χ0n) is 14.0. The summed E-state index contributed by atoms with van der Waals surface area (Å²) in [6, 6.07) is 12.1. The standard InChI is InChI=1S/C18H19FN2O4/c1-3-10-21(15-8-4-6-13(19)11-15)18(23)25-16-9-5-7-14(12-16)20-17(22)24-2/h4-9,11-12H,3,10H2,1-2H3,(H,20,22). The minimum atomic E-state index is -0.636. The van der Waals surface area contributed by atoms with E-state index in [1.807, 2.05) is 6.92 Å². The van der Waals surface area contributed by atoms with E-state index in [1.165, 1.54) is 36.3 Å². The van der Waals surface area contributed by atoms with Crippen LogP contribution < -0.4 is 15.0 Å². The fourth-order valence-corrected chi connectivity index (χ4v) is 2.16. The molecule has 6 nitrogen and oxygen atoms in total. The molecule has 1 N–H and O–H groups in total. The molecule has 0 saturated carbocycles. The number of hydrogen-bond donors (Lipinski definition) is 1. The van der Waals surface area contributed by atoms with Gasteiger partial charge in [0.05, 0.1) is 7.11 Å². The highest BCUT2D eigenvalue weighted by Gasteiger charge is 2.18. The lowest BCUT2D eigenvalue weighted by Crippen LogP contribution is -2.34. The highest BCUT2D eigenvalue weighted by atomic mass is 19.1. The van der Waals surface area contributed by atoms with Gasteiger partial charge in [-0.1, -0.05) is 19.1 Å². The van der Waals surface area contributed by atoms with E-state index in [4.69, 9.17) is 4.74 Å². The molecule has 0 aliphatic rings. The van der Waals surface area contributed by atoms with E-state index in [9.17, 15) is 14.0 Å². The number of amides is 2. The van der Waals surface area contributed by atoms with E-state index in [0.29, 0.717) is 24.3 Å². The largest absolute Gasteiger partial charge is 0.453 e. The Morgan fingerprint density at radius 1 is 1.16 bits per heavy atom. The number of anilines is 2. The molecular weight excluding hydrogens is 327 g/mol. The number of benzene rings is 2. The van der Waals surface area contributed by atoms with Crippen molar-refractivity contribution in [2.45, 2.75) is 13.3 Å². The van der Waals surface area contributed by atoms with E-state index in [0.717, 1.165) is 0 Å². The number of nitrogens with one attached hydrogen (secondary N) is 1. The van der Waals surface area contributed by atoms with Gasteiger partial charge >= 0.3 is 12.2 Å². The molecule has 0 atom stereocenters. The molecule has 7 heteroatoms. The predicted molar refractivity (Wildman–Crippen MR) is 92.5 cm³/mol. The lowest BCUT2D eigenvalue weighted by atomic mass is 10.2. The lowest BCUT2D eigenvalue weighted by Gasteiger charge is -2.21. The number of ether oxygens (including phenoxy) is 2. The Balaban J connectivity index is 2.15. The first-order valence-corrected chi connectivity index (χ1v) is 7.73. The summed E-state index contributed by atoms with van der Waals surface area (Å²) in [4.78, 5) is 25.1. The maximum atomic E-state index is 13.4. The summed E-state index contributed by atoms with van der Waals surface area (Å²) in [5.41, 5.74) is 0.834. The van der Waals surface area contributed by atoms with Crippen LogP contribution in [0.1, 0.15) is 13.3 Å². The number of carbonyl (C=O) groups excluding carboxylic acids is 2. The van der Waals surface area contributed by atoms with Crippen LogP contribution in [0.25, 0.3) is 0 Å². The molecule has 2 rings (SSSR count). The van der Waals surface area contributed by atoms with Crippen molar-refractivity contribution in [1.82, 2.24) is 0 Å². The van der Waals surface area contributed by atoms with Gasteiger partial charge in [-0.3, -0.25) is 10.2 Å². The fraction of sp³-hybridized carbons (Fsp3) is 0.222. The first-order valence-electron chi connectivity index (χ1n) is 7.73. The summed E-state index contributed by atoms with van der Waals surface area (Å²) in [7, 11) is 1.25. The minimum absolute atomic E-state index is 0.247. The number of hydrogen-bond acceptors (Lipinski definition) is 4. The van der Waals surface area contributed by atoms with Gasteiger partial charge in [-0.2, -0.15) is 0 Å². The van der Waals surface area contributed by atoms with Crippen molar-refractivity contribution in [3.05, 3.63) is 54.3 Å². The molecule has 0 saturated heterocycles. The van der Waals surface area contributed by atoms with Gasteiger partial charge in [0.1, 0.15) is 11.6 Å². The van der Waals surface area contributed by atoms with Gasteiger partial charge in [-0.05, 0) is 36.8 Å². The van der Waals surface area contributed by atoms with Gasteiger partial charge in [-0.15, -0.1) is 0 Å². The summed E-state index contributed by atoms with van der Waals surface area (Å²) < 4.78 is 23.3. The Labute approximate surface area is 145 Å². The zero-order valence-corrected chi connectivity index (χ0v) is 14.0. The molecule has 25 heavy (non-hydrogen) atoms. The highest BCUT2D eigenvalue weighted by Crippen LogP contribution is 2.21. The summed E-state index contributed by atoms with van der Waals surface area (Å²) in [6.07, 6.45) is -0.589. The molecule has 0 unspecified atom stereocenters. The van der Waals surface area contributed by atoms with Gasteiger partial charge in [0, 0.05) is 24.0 Å². The molecule has 2 aromatic rings. The third kappa shape index (κ3) is 5.20. The third-order valence-corrected chi connectivity index (χ3v) is 3.26. The van der Waals surface area contributed by atoms with Crippen LogP contribution in [-0.4, -0.2) is 25.8 Å². The predicted octanol–water partition coefficient (Wildman–Crippen LogP) is 4.42. The second-order valence-electron chi connectivity index (χ2n) is 5.14. The van der Waals surface area contributed by atoms with E-state index in [1.54, 1.807) is 24.3 Å². The van der Waals surface area contributed by atoms with E-state index in [2.05, 4.69) is 10.1 Å². The molecule has 0 heterocycles. The van der Waals surface area contributed by atoms with Crippen LogP contribution in [0.15, 0.2) is 48.5 Å². The number of carbonyl (C=O) groups is 2. The van der Waals surface area contributed by atoms with Crippen LogP contribution >= 0.6 is 0 Å². The van der Waals surface area contributed by atoms with Crippen molar-refractivity contribution >= 4 is 23.6 Å². The summed E-state index contributed by atoms with van der Waals surface area (Å²) >= 11 is 0. The summed E-state index contributed by atoms with van der Waals surface area (Å²) in [6.45, 7) is 2.28. The van der Waals surface area contributed by atoms with Crippen LogP contribution in [0.3, 0.4) is 0 Å². The summed E-state index contributed by atoms with van der Waals surface area (Å²) in [5, 5.41) is 2.48. The first-order chi connectivity index (χ1) is 12.0.